The molecule has 4 nitrogen and oxygen atoms in total. The van der Waals surface area contributed by atoms with E-state index in [2.05, 4.69) is 19.2 Å². The summed E-state index contributed by atoms with van der Waals surface area (Å²) < 4.78 is 0. The standard InChI is InChI=1S/C15H27NO3/c1-9(2)11-5-7-12(8-6-11)14(17)16-13(10(3)4)15(18)19/h9-13H,5-8H2,1-4H3,(H,16,17)(H,18,19). The van der Waals surface area contributed by atoms with Crippen LogP contribution in [0.2, 0.25) is 0 Å². The van der Waals surface area contributed by atoms with Gasteiger partial charge in [0.25, 0.3) is 0 Å². The van der Waals surface area contributed by atoms with Crippen LogP contribution in [-0.4, -0.2) is 23.0 Å². The fourth-order valence-electron chi connectivity index (χ4n) is 2.83. The Bertz CT molecular complexity index is 317. The summed E-state index contributed by atoms with van der Waals surface area (Å²) in [6.45, 7) is 8.08. The second-order valence-corrected chi connectivity index (χ2v) is 6.42. The topological polar surface area (TPSA) is 66.4 Å². The lowest BCUT2D eigenvalue weighted by atomic mass is 9.76. The van der Waals surface area contributed by atoms with Crippen LogP contribution in [0.1, 0.15) is 53.4 Å². The molecule has 1 amide bonds. The number of nitrogens with one attached hydrogen (secondary N) is 1. The van der Waals surface area contributed by atoms with Crippen molar-refractivity contribution in [3.8, 4) is 0 Å². The molecule has 1 unspecified atom stereocenters. The first-order valence-corrected chi connectivity index (χ1v) is 7.36. The Morgan fingerprint density at radius 1 is 1.05 bits per heavy atom. The van der Waals surface area contributed by atoms with Crippen LogP contribution >= 0.6 is 0 Å². The zero-order valence-electron chi connectivity index (χ0n) is 12.5. The highest BCUT2D eigenvalue weighted by Gasteiger charge is 2.31. The fourth-order valence-corrected chi connectivity index (χ4v) is 2.83. The van der Waals surface area contributed by atoms with Crippen molar-refractivity contribution in [1.29, 1.82) is 0 Å². The van der Waals surface area contributed by atoms with Crippen molar-refractivity contribution < 1.29 is 14.7 Å². The third-order valence-electron chi connectivity index (χ3n) is 4.32. The van der Waals surface area contributed by atoms with Gasteiger partial charge in [-0.15, -0.1) is 0 Å². The molecule has 0 saturated heterocycles. The number of carbonyl (C=O) groups is 2. The molecule has 1 saturated carbocycles. The number of hydrogen-bond acceptors (Lipinski definition) is 2. The van der Waals surface area contributed by atoms with Gasteiger partial charge in [-0.05, 0) is 43.4 Å². The molecule has 1 rings (SSSR count). The monoisotopic (exact) mass is 269 g/mol. The molecule has 0 radical (unpaired) electrons. The normalized spacial score (nSPS) is 25.4. The van der Waals surface area contributed by atoms with Crippen LogP contribution in [0.3, 0.4) is 0 Å². The van der Waals surface area contributed by atoms with E-state index in [-0.39, 0.29) is 17.7 Å². The van der Waals surface area contributed by atoms with Crippen molar-refractivity contribution in [2.24, 2.45) is 23.7 Å². The summed E-state index contributed by atoms with van der Waals surface area (Å²) in [7, 11) is 0. The molecule has 19 heavy (non-hydrogen) atoms. The molecule has 2 N–H and O–H groups in total. The van der Waals surface area contributed by atoms with E-state index in [0.29, 0.717) is 11.8 Å². The smallest absolute Gasteiger partial charge is 0.326 e. The van der Waals surface area contributed by atoms with Gasteiger partial charge < -0.3 is 10.4 Å². The molecule has 0 aromatic rings. The van der Waals surface area contributed by atoms with Gasteiger partial charge in [-0.2, -0.15) is 0 Å². The van der Waals surface area contributed by atoms with Crippen LogP contribution in [0.15, 0.2) is 0 Å². The Labute approximate surface area is 116 Å². The van der Waals surface area contributed by atoms with Gasteiger partial charge >= 0.3 is 5.97 Å². The van der Waals surface area contributed by atoms with Gasteiger partial charge in [-0.3, -0.25) is 4.79 Å². The minimum absolute atomic E-state index is 0.00407. The molecular weight excluding hydrogens is 242 g/mol. The maximum absolute atomic E-state index is 12.1. The summed E-state index contributed by atoms with van der Waals surface area (Å²) in [6.07, 6.45) is 3.93. The summed E-state index contributed by atoms with van der Waals surface area (Å²) >= 11 is 0. The molecule has 0 bridgehead atoms. The molecule has 0 aromatic heterocycles. The molecule has 1 fully saturated rings. The van der Waals surface area contributed by atoms with Crippen molar-refractivity contribution in [1.82, 2.24) is 5.32 Å². The molecule has 0 aromatic carbocycles. The third kappa shape index (κ3) is 4.51. The quantitative estimate of drug-likeness (QED) is 0.806. The Balaban J connectivity index is 2.49. The Morgan fingerprint density at radius 2 is 1.58 bits per heavy atom. The first-order valence-electron chi connectivity index (χ1n) is 7.36. The van der Waals surface area contributed by atoms with Crippen LogP contribution in [0.5, 0.6) is 0 Å². The van der Waals surface area contributed by atoms with Gasteiger partial charge in [-0.1, -0.05) is 27.7 Å². The van der Waals surface area contributed by atoms with Crippen molar-refractivity contribution >= 4 is 11.9 Å². The number of rotatable bonds is 5. The van der Waals surface area contributed by atoms with E-state index in [4.69, 9.17) is 5.11 Å². The van der Waals surface area contributed by atoms with Crippen LogP contribution in [0, 0.1) is 23.7 Å². The number of amides is 1. The summed E-state index contributed by atoms with van der Waals surface area (Å²) in [5, 5.41) is 11.8. The molecule has 110 valence electrons. The van der Waals surface area contributed by atoms with E-state index in [1.807, 2.05) is 13.8 Å². The first kappa shape index (κ1) is 16.0. The van der Waals surface area contributed by atoms with Gasteiger partial charge in [0.2, 0.25) is 5.91 Å². The number of carbonyl (C=O) groups excluding carboxylic acids is 1. The van der Waals surface area contributed by atoms with E-state index in [9.17, 15) is 9.59 Å². The average Bonchev–Trinajstić information content (AvgIpc) is 2.34. The minimum Gasteiger partial charge on any atom is -0.480 e. The molecule has 0 spiro atoms. The molecule has 1 aliphatic rings. The summed E-state index contributed by atoms with van der Waals surface area (Å²) in [5.41, 5.74) is 0. The first-order chi connectivity index (χ1) is 8.82. The second kappa shape index (κ2) is 6.92. The van der Waals surface area contributed by atoms with Crippen LogP contribution in [0.4, 0.5) is 0 Å². The minimum atomic E-state index is -0.945. The number of aliphatic carboxylic acids is 1. The SMILES string of the molecule is CC(C)C1CCC(C(=O)NC(C(=O)O)C(C)C)CC1. The summed E-state index contributed by atoms with van der Waals surface area (Å²) in [5.74, 6) is 0.266. The molecule has 1 atom stereocenters. The average molecular weight is 269 g/mol. The second-order valence-electron chi connectivity index (χ2n) is 6.42. The van der Waals surface area contributed by atoms with E-state index in [0.717, 1.165) is 25.7 Å². The molecule has 1 aliphatic carbocycles. The Kier molecular flexibility index (Phi) is 5.83. The van der Waals surface area contributed by atoms with Gasteiger partial charge in [-0.25, -0.2) is 4.79 Å². The molecule has 0 heterocycles. The zero-order valence-corrected chi connectivity index (χ0v) is 12.5. The maximum atomic E-state index is 12.1. The van der Waals surface area contributed by atoms with Gasteiger partial charge in [0, 0.05) is 5.92 Å². The highest BCUT2D eigenvalue weighted by atomic mass is 16.4. The van der Waals surface area contributed by atoms with Crippen LogP contribution in [0.25, 0.3) is 0 Å². The van der Waals surface area contributed by atoms with Crippen molar-refractivity contribution in [2.45, 2.75) is 59.4 Å². The number of carboxylic acids is 1. The van der Waals surface area contributed by atoms with Gasteiger partial charge in [0.05, 0.1) is 0 Å². The largest absolute Gasteiger partial charge is 0.480 e. The lowest BCUT2D eigenvalue weighted by Gasteiger charge is -2.31. The van der Waals surface area contributed by atoms with Crippen LogP contribution < -0.4 is 5.32 Å². The van der Waals surface area contributed by atoms with E-state index in [1.54, 1.807) is 0 Å². The van der Waals surface area contributed by atoms with Gasteiger partial charge in [0.1, 0.15) is 6.04 Å². The predicted molar refractivity (Wildman–Crippen MR) is 74.7 cm³/mol. The van der Waals surface area contributed by atoms with E-state index < -0.39 is 12.0 Å². The Hall–Kier alpha value is -1.06. The van der Waals surface area contributed by atoms with Crippen LogP contribution in [-0.2, 0) is 9.59 Å². The fraction of sp³-hybridized carbons (Fsp3) is 0.867. The maximum Gasteiger partial charge on any atom is 0.326 e. The summed E-state index contributed by atoms with van der Waals surface area (Å²) in [6, 6.07) is -0.768. The Morgan fingerprint density at radius 3 is 1.95 bits per heavy atom. The van der Waals surface area contributed by atoms with Crippen molar-refractivity contribution in [3.05, 3.63) is 0 Å². The zero-order chi connectivity index (χ0) is 14.6. The highest BCUT2D eigenvalue weighted by molar-refractivity contribution is 5.85. The van der Waals surface area contributed by atoms with Crippen molar-refractivity contribution in [2.75, 3.05) is 0 Å². The number of carboxylic acid groups (broad SMARTS) is 1. The molecule has 0 aliphatic heterocycles. The van der Waals surface area contributed by atoms with E-state index >= 15 is 0 Å². The van der Waals surface area contributed by atoms with Gasteiger partial charge in [0.15, 0.2) is 0 Å². The molecular formula is C15H27NO3. The lowest BCUT2D eigenvalue weighted by molar-refractivity contribution is -0.144. The summed E-state index contributed by atoms with van der Waals surface area (Å²) in [4.78, 5) is 23.2. The third-order valence-corrected chi connectivity index (χ3v) is 4.32. The lowest BCUT2D eigenvalue weighted by Crippen LogP contribution is -2.47. The van der Waals surface area contributed by atoms with E-state index in [1.165, 1.54) is 0 Å². The number of hydrogen-bond donors (Lipinski definition) is 2. The van der Waals surface area contributed by atoms with Crippen molar-refractivity contribution in [3.63, 3.8) is 0 Å². The highest BCUT2D eigenvalue weighted by Crippen LogP contribution is 2.33. The predicted octanol–water partition coefficient (Wildman–Crippen LogP) is 2.67. The molecule has 4 heteroatoms.